The summed E-state index contributed by atoms with van der Waals surface area (Å²) in [7, 11) is 2.16. The fourth-order valence-corrected chi connectivity index (χ4v) is 2.80. The number of hydrogen-bond donors (Lipinski definition) is 0. The van der Waals surface area contributed by atoms with Crippen molar-refractivity contribution >= 4 is 11.3 Å². The van der Waals surface area contributed by atoms with Crippen LogP contribution in [0.3, 0.4) is 0 Å². The maximum Gasteiger partial charge on any atom is 0.158 e. The Morgan fingerprint density at radius 3 is 2.88 bits per heavy atom. The second-order valence-corrected chi connectivity index (χ2v) is 5.46. The first-order valence-electron chi connectivity index (χ1n) is 6.24. The predicted molar refractivity (Wildman–Crippen MR) is 70.3 cm³/mol. The molecule has 0 aromatic carbocycles. The standard InChI is InChI=1S/C13H21NO2S/c1-11(12-5-3-10-17-12)14(2)7-6-13-15-8-4-9-16-13/h3,5,10-11,13H,4,6-9H2,1-2H3. The molecule has 0 bridgehead atoms. The molecule has 0 aliphatic carbocycles. The molecule has 2 rings (SSSR count). The van der Waals surface area contributed by atoms with Gasteiger partial charge in [0.1, 0.15) is 0 Å². The molecule has 0 N–H and O–H groups in total. The fraction of sp³-hybridized carbons (Fsp3) is 0.692. The molecular formula is C13H21NO2S. The molecule has 1 aliphatic heterocycles. The van der Waals surface area contributed by atoms with Crippen LogP contribution in [-0.2, 0) is 9.47 Å². The van der Waals surface area contributed by atoms with E-state index in [2.05, 4.69) is 36.4 Å². The molecule has 1 aliphatic rings. The summed E-state index contributed by atoms with van der Waals surface area (Å²) in [5.41, 5.74) is 0. The zero-order chi connectivity index (χ0) is 12.1. The lowest BCUT2D eigenvalue weighted by Gasteiger charge is -2.28. The first-order valence-corrected chi connectivity index (χ1v) is 7.12. The van der Waals surface area contributed by atoms with Crippen LogP contribution in [0.15, 0.2) is 17.5 Å². The van der Waals surface area contributed by atoms with E-state index in [-0.39, 0.29) is 6.29 Å². The van der Waals surface area contributed by atoms with Gasteiger partial charge in [-0.15, -0.1) is 11.3 Å². The van der Waals surface area contributed by atoms with Gasteiger partial charge < -0.3 is 9.47 Å². The first-order chi connectivity index (χ1) is 8.27. The molecule has 1 unspecified atom stereocenters. The lowest BCUT2D eigenvalue weighted by atomic mass is 10.2. The van der Waals surface area contributed by atoms with Crippen LogP contribution in [0, 0.1) is 0 Å². The van der Waals surface area contributed by atoms with Crippen LogP contribution in [0.1, 0.15) is 30.7 Å². The Hall–Kier alpha value is -0.420. The van der Waals surface area contributed by atoms with Gasteiger partial charge in [0.05, 0.1) is 13.2 Å². The molecule has 0 radical (unpaired) electrons. The number of ether oxygens (including phenoxy) is 2. The highest BCUT2D eigenvalue weighted by Gasteiger charge is 2.17. The van der Waals surface area contributed by atoms with Crippen LogP contribution in [0.5, 0.6) is 0 Å². The summed E-state index contributed by atoms with van der Waals surface area (Å²) in [4.78, 5) is 3.77. The Labute approximate surface area is 107 Å². The average molecular weight is 255 g/mol. The van der Waals surface area contributed by atoms with Crippen molar-refractivity contribution in [2.45, 2.75) is 32.1 Å². The Morgan fingerprint density at radius 2 is 2.24 bits per heavy atom. The van der Waals surface area contributed by atoms with Crippen LogP contribution in [0.2, 0.25) is 0 Å². The van der Waals surface area contributed by atoms with Gasteiger partial charge in [-0.25, -0.2) is 0 Å². The molecule has 4 heteroatoms. The largest absolute Gasteiger partial charge is 0.353 e. The third-order valence-electron chi connectivity index (χ3n) is 3.23. The van der Waals surface area contributed by atoms with Crippen molar-refractivity contribution in [3.63, 3.8) is 0 Å². The van der Waals surface area contributed by atoms with Gasteiger partial charge in [0, 0.05) is 23.9 Å². The van der Waals surface area contributed by atoms with E-state index in [4.69, 9.17) is 9.47 Å². The molecule has 1 aromatic heterocycles. The fourth-order valence-electron chi connectivity index (χ4n) is 1.95. The molecule has 17 heavy (non-hydrogen) atoms. The van der Waals surface area contributed by atoms with Crippen molar-refractivity contribution < 1.29 is 9.47 Å². The van der Waals surface area contributed by atoms with E-state index in [1.54, 1.807) is 0 Å². The van der Waals surface area contributed by atoms with E-state index in [0.717, 1.165) is 32.6 Å². The molecule has 0 amide bonds. The Balaban J connectivity index is 1.74. The highest BCUT2D eigenvalue weighted by molar-refractivity contribution is 7.10. The van der Waals surface area contributed by atoms with Gasteiger partial charge >= 0.3 is 0 Å². The summed E-state index contributed by atoms with van der Waals surface area (Å²) in [5.74, 6) is 0. The number of nitrogens with zero attached hydrogens (tertiary/aromatic N) is 1. The highest BCUT2D eigenvalue weighted by Crippen LogP contribution is 2.23. The third-order valence-corrected chi connectivity index (χ3v) is 4.27. The van der Waals surface area contributed by atoms with Crippen LogP contribution >= 0.6 is 11.3 Å². The van der Waals surface area contributed by atoms with Gasteiger partial charge in [0.15, 0.2) is 6.29 Å². The smallest absolute Gasteiger partial charge is 0.158 e. The first kappa shape index (κ1) is 13.0. The van der Waals surface area contributed by atoms with Gasteiger partial charge in [0.2, 0.25) is 0 Å². The summed E-state index contributed by atoms with van der Waals surface area (Å²) >= 11 is 1.82. The minimum atomic E-state index is 0.00161. The topological polar surface area (TPSA) is 21.7 Å². The molecule has 1 fully saturated rings. The minimum absolute atomic E-state index is 0.00161. The third kappa shape index (κ3) is 3.78. The summed E-state index contributed by atoms with van der Waals surface area (Å²) in [6, 6.07) is 4.77. The van der Waals surface area contributed by atoms with Crippen molar-refractivity contribution in [1.29, 1.82) is 0 Å². The predicted octanol–water partition coefficient (Wildman–Crippen LogP) is 2.89. The van der Waals surface area contributed by atoms with Crippen LogP contribution in [0.25, 0.3) is 0 Å². The van der Waals surface area contributed by atoms with Gasteiger partial charge in [-0.05, 0) is 31.8 Å². The van der Waals surface area contributed by atoms with E-state index in [1.165, 1.54) is 4.88 Å². The summed E-state index contributed by atoms with van der Waals surface area (Å²) in [6.45, 7) is 4.93. The van der Waals surface area contributed by atoms with Crippen molar-refractivity contribution in [1.82, 2.24) is 4.90 Å². The van der Waals surface area contributed by atoms with Crippen LogP contribution < -0.4 is 0 Å². The molecule has 1 atom stereocenters. The summed E-state index contributed by atoms with van der Waals surface area (Å²) < 4.78 is 11.1. The SMILES string of the molecule is CC(c1cccs1)N(C)CCC1OCCCO1. The second-order valence-electron chi connectivity index (χ2n) is 4.49. The lowest BCUT2D eigenvalue weighted by molar-refractivity contribution is -0.182. The number of rotatable bonds is 5. The maximum atomic E-state index is 5.55. The van der Waals surface area contributed by atoms with Crippen molar-refractivity contribution in [3.8, 4) is 0 Å². The van der Waals surface area contributed by atoms with E-state index in [9.17, 15) is 0 Å². The number of thiophene rings is 1. The second kappa shape index (κ2) is 6.50. The highest BCUT2D eigenvalue weighted by atomic mass is 32.1. The number of hydrogen-bond acceptors (Lipinski definition) is 4. The average Bonchev–Trinajstić information content (AvgIpc) is 2.90. The van der Waals surface area contributed by atoms with E-state index in [0.29, 0.717) is 6.04 Å². The summed E-state index contributed by atoms with van der Waals surface area (Å²) in [6.07, 6.45) is 1.98. The molecule has 2 heterocycles. The van der Waals surface area contributed by atoms with E-state index in [1.807, 2.05) is 11.3 Å². The Kier molecular flexibility index (Phi) is 4.98. The van der Waals surface area contributed by atoms with Gasteiger partial charge in [-0.2, -0.15) is 0 Å². The Morgan fingerprint density at radius 1 is 1.47 bits per heavy atom. The van der Waals surface area contributed by atoms with Gasteiger partial charge in [-0.1, -0.05) is 6.07 Å². The van der Waals surface area contributed by atoms with Crippen molar-refractivity contribution in [3.05, 3.63) is 22.4 Å². The van der Waals surface area contributed by atoms with Crippen LogP contribution in [0.4, 0.5) is 0 Å². The van der Waals surface area contributed by atoms with E-state index < -0.39 is 0 Å². The molecule has 3 nitrogen and oxygen atoms in total. The van der Waals surface area contributed by atoms with Crippen molar-refractivity contribution in [2.75, 3.05) is 26.8 Å². The normalized spacial score (nSPS) is 19.7. The molecule has 1 saturated heterocycles. The maximum absolute atomic E-state index is 5.55. The molecule has 0 saturated carbocycles. The van der Waals surface area contributed by atoms with E-state index >= 15 is 0 Å². The molecule has 1 aromatic rings. The lowest BCUT2D eigenvalue weighted by Crippen LogP contribution is -2.31. The van der Waals surface area contributed by atoms with Crippen LogP contribution in [-0.4, -0.2) is 38.0 Å². The zero-order valence-corrected chi connectivity index (χ0v) is 11.4. The molecular weight excluding hydrogens is 234 g/mol. The quantitative estimate of drug-likeness (QED) is 0.807. The molecule has 0 spiro atoms. The molecule has 96 valence electrons. The Bertz CT molecular complexity index is 309. The minimum Gasteiger partial charge on any atom is -0.353 e. The van der Waals surface area contributed by atoms with Gasteiger partial charge in [-0.3, -0.25) is 4.90 Å². The summed E-state index contributed by atoms with van der Waals surface area (Å²) in [5, 5.41) is 2.13. The van der Waals surface area contributed by atoms with Crippen molar-refractivity contribution in [2.24, 2.45) is 0 Å². The zero-order valence-electron chi connectivity index (χ0n) is 10.6. The monoisotopic (exact) mass is 255 g/mol. The van der Waals surface area contributed by atoms with Gasteiger partial charge in [0.25, 0.3) is 0 Å².